The molecule has 5 rings (SSSR count). The number of halogens is 1. The summed E-state index contributed by atoms with van der Waals surface area (Å²) in [7, 11) is -3.60. The largest absolute Gasteiger partial charge is 0.279 e. The Morgan fingerprint density at radius 2 is 1.83 bits per heavy atom. The van der Waals surface area contributed by atoms with E-state index in [4.69, 9.17) is 4.98 Å². The quantitative estimate of drug-likeness (QED) is 0.261. The van der Waals surface area contributed by atoms with E-state index < -0.39 is 10.0 Å². The molecule has 1 unspecified atom stereocenters. The van der Waals surface area contributed by atoms with Gasteiger partial charge in [0.1, 0.15) is 0 Å². The molecule has 0 saturated carbocycles. The average Bonchev–Trinajstić information content (AvgIpc) is 3.30. The first-order chi connectivity index (χ1) is 17.3. The molecule has 1 atom stereocenters. The van der Waals surface area contributed by atoms with Crippen molar-refractivity contribution in [2.45, 2.75) is 43.7 Å². The zero-order valence-corrected chi connectivity index (χ0v) is 23.0. The van der Waals surface area contributed by atoms with Gasteiger partial charge in [0, 0.05) is 22.6 Å². The number of piperidine rings is 1. The fraction of sp³-hybridized carbons (Fsp3) is 0.259. The second kappa shape index (κ2) is 10.4. The molecule has 3 aromatic carbocycles. The highest BCUT2D eigenvalue weighted by Gasteiger charge is 2.31. The lowest BCUT2D eigenvalue weighted by Crippen LogP contribution is -2.41. The highest BCUT2D eigenvalue weighted by atomic mass is 79.9. The van der Waals surface area contributed by atoms with Crippen molar-refractivity contribution < 1.29 is 13.2 Å². The summed E-state index contributed by atoms with van der Waals surface area (Å²) < 4.78 is 29.9. The van der Waals surface area contributed by atoms with Gasteiger partial charge in [0.25, 0.3) is 5.91 Å². The molecule has 1 saturated heterocycles. The molecule has 1 aliphatic heterocycles. The van der Waals surface area contributed by atoms with E-state index in [0.29, 0.717) is 23.8 Å². The average molecular weight is 585 g/mol. The van der Waals surface area contributed by atoms with Gasteiger partial charge in [-0.2, -0.15) is 4.31 Å². The van der Waals surface area contributed by atoms with Gasteiger partial charge in [-0.25, -0.2) is 13.4 Å². The summed E-state index contributed by atoms with van der Waals surface area (Å²) in [6, 6.07) is 21.9. The fourth-order valence-electron chi connectivity index (χ4n) is 4.48. The number of thiazole rings is 1. The molecule has 0 spiro atoms. The van der Waals surface area contributed by atoms with E-state index in [1.54, 1.807) is 33.5 Å². The Bertz CT molecular complexity index is 1490. The van der Waals surface area contributed by atoms with Gasteiger partial charge in [-0.3, -0.25) is 9.69 Å². The van der Waals surface area contributed by atoms with E-state index in [9.17, 15) is 13.2 Å². The molecule has 1 amide bonds. The van der Waals surface area contributed by atoms with Gasteiger partial charge in [0.15, 0.2) is 5.13 Å². The van der Waals surface area contributed by atoms with Crippen LogP contribution in [-0.2, 0) is 16.6 Å². The van der Waals surface area contributed by atoms with Crippen LogP contribution in [0.15, 0.2) is 82.2 Å². The molecule has 4 aromatic rings. The van der Waals surface area contributed by atoms with E-state index in [-0.39, 0.29) is 16.8 Å². The molecule has 36 heavy (non-hydrogen) atoms. The molecule has 9 heteroatoms. The third-order valence-electron chi connectivity index (χ3n) is 6.45. The SMILES string of the molecule is CC1CCCCN1S(=O)(=O)c1ccc(C(=O)N(Cc2ccccc2)c2nc3ccc(Br)cc3s2)cc1. The van der Waals surface area contributed by atoms with Crippen molar-refractivity contribution in [1.29, 1.82) is 0 Å². The first-order valence-corrected chi connectivity index (χ1v) is 14.9. The van der Waals surface area contributed by atoms with Gasteiger partial charge in [-0.05, 0) is 67.8 Å². The van der Waals surface area contributed by atoms with E-state index >= 15 is 0 Å². The van der Waals surface area contributed by atoms with E-state index in [1.807, 2.05) is 55.5 Å². The molecule has 0 bridgehead atoms. The highest BCUT2D eigenvalue weighted by Crippen LogP contribution is 2.33. The smallest absolute Gasteiger partial charge is 0.260 e. The minimum Gasteiger partial charge on any atom is -0.279 e. The van der Waals surface area contributed by atoms with Crippen molar-refractivity contribution in [3.05, 3.63) is 88.4 Å². The van der Waals surface area contributed by atoms with Crippen LogP contribution >= 0.6 is 27.3 Å². The number of aromatic nitrogens is 1. The number of hydrogen-bond donors (Lipinski definition) is 0. The predicted octanol–water partition coefficient (Wildman–Crippen LogP) is 6.47. The fourth-order valence-corrected chi connectivity index (χ4v) is 7.70. The Balaban J connectivity index is 1.47. The monoisotopic (exact) mass is 583 g/mol. The number of hydrogen-bond acceptors (Lipinski definition) is 5. The number of sulfonamides is 1. The third-order valence-corrected chi connectivity index (χ3v) is 10.0. The minimum absolute atomic E-state index is 0.0227. The van der Waals surface area contributed by atoms with Crippen LogP contribution in [0.3, 0.4) is 0 Å². The van der Waals surface area contributed by atoms with Gasteiger partial charge in [-0.15, -0.1) is 0 Å². The topological polar surface area (TPSA) is 70.6 Å². The summed E-state index contributed by atoms with van der Waals surface area (Å²) in [5.74, 6) is -0.229. The summed E-state index contributed by atoms with van der Waals surface area (Å²) in [5, 5.41) is 0.593. The lowest BCUT2D eigenvalue weighted by atomic mass is 10.1. The van der Waals surface area contributed by atoms with Crippen LogP contribution in [0.2, 0.25) is 0 Å². The van der Waals surface area contributed by atoms with Gasteiger partial charge in [-0.1, -0.05) is 64.0 Å². The number of amides is 1. The second-order valence-electron chi connectivity index (χ2n) is 8.97. The van der Waals surface area contributed by atoms with Crippen molar-refractivity contribution in [3.63, 3.8) is 0 Å². The number of carbonyl (C=O) groups is 1. The Labute approximate surface area is 223 Å². The summed E-state index contributed by atoms with van der Waals surface area (Å²) in [5.41, 5.74) is 2.21. The van der Waals surface area contributed by atoms with Gasteiger partial charge >= 0.3 is 0 Å². The van der Waals surface area contributed by atoms with E-state index in [1.165, 1.54) is 11.3 Å². The molecule has 0 radical (unpaired) electrons. The molecular formula is C27H26BrN3O3S2. The molecule has 186 valence electrons. The zero-order valence-electron chi connectivity index (χ0n) is 19.8. The molecule has 1 aliphatic rings. The third kappa shape index (κ3) is 5.11. The first-order valence-electron chi connectivity index (χ1n) is 11.9. The summed E-state index contributed by atoms with van der Waals surface area (Å²) in [6.45, 7) is 2.83. The van der Waals surface area contributed by atoms with Crippen molar-refractivity contribution in [2.24, 2.45) is 0 Å². The molecule has 2 heterocycles. The Morgan fingerprint density at radius 3 is 2.56 bits per heavy atom. The standard InChI is InChI=1S/C27H26BrN3O3S2/c1-19-7-5-6-16-31(19)36(33,34)23-13-10-21(11-14-23)26(32)30(18-20-8-3-2-4-9-20)27-29-24-15-12-22(28)17-25(24)35-27/h2-4,8-15,17,19H,5-7,16,18H2,1H3. The van der Waals surface area contributed by atoms with Crippen LogP contribution in [0.25, 0.3) is 10.2 Å². The van der Waals surface area contributed by atoms with E-state index in [2.05, 4.69) is 15.9 Å². The maximum absolute atomic E-state index is 13.7. The summed E-state index contributed by atoms with van der Waals surface area (Å²) >= 11 is 4.95. The van der Waals surface area contributed by atoms with Gasteiger partial charge in [0.2, 0.25) is 10.0 Å². The molecular weight excluding hydrogens is 558 g/mol. The molecule has 6 nitrogen and oxygen atoms in total. The number of nitrogens with zero attached hydrogens (tertiary/aromatic N) is 3. The minimum atomic E-state index is -3.60. The van der Waals surface area contributed by atoms with Crippen molar-refractivity contribution in [1.82, 2.24) is 9.29 Å². The number of anilines is 1. The highest BCUT2D eigenvalue weighted by molar-refractivity contribution is 9.10. The van der Waals surface area contributed by atoms with Crippen molar-refractivity contribution >= 4 is 58.5 Å². The molecule has 0 aliphatic carbocycles. The molecule has 1 fully saturated rings. The Morgan fingerprint density at radius 1 is 1.08 bits per heavy atom. The predicted molar refractivity (Wildman–Crippen MR) is 148 cm³/mol. The molecule has 0 N–H and O–H groups in total. The van der Waals surface area contributed by atoms with Crippen molar-refractivity contribution in [3.8, 4) is 0 Å². The first kappa shape index (κ1) is 25.1. The number of carbonyl (C=O) groups excluding carboxylic acids is 1. The van der Waals surface area contributed by atoms with Crippen LogP contribution in [0.1, 0.15) is 42.1 Å². The number of fused-ring (bicyclic) bond motifs is 1. The summed E-state index contributed by atoms with van der Waals surface area (Å²) in [6.07, 6.45) is 2.77. The van der Waals surface area contributed by atoms with Crippen molar-refractivity contribution in [2.75, 3.05) is 11.4 Å². The lowest BCUT2D eigenvalue weighted by molar-refractivity contribution is 0.0985. The number of benzene rings is 3. The van der Waals surface area contributed by atoms with Crippen LogP contribution < -0.4 is 4.90 Å². The molecule has 1 aromatic heterocycles. The Kier molecular flexibility index (Phi) is 7.25. The normalized spacial score (nSPS) is 16.8. The summed E-state index contributed by atoms with van der Waals surface area (Å²) in [4.78, 5) is 20.3. The maximum Gasteiger partial charge on any atom is 0.260 e. The zero-order chi connectivity index (χ0) is 25.3. The lowest BCUT2D eigenvalue weighted by Gasteiger charge is -2.32. The van der Waals surface area contributed by atoms with Gasteiger partial charge < -0.3 is 0 Å². The van der Waals surface area contributed by atoms with Crippen LogP contribution in [0.4, 0.5) is 5.13 Å². The Hall–Kier alpha value is -2.59. The van der Waals surface area contributed by atoms with Gasteiger partial charge in [0.05, 0.1) is 21.7 Å². The van der Waals surface area contributed by atoms with Crippen LogP contribution in [-0.4, -0.2) is 36.2 Å². The number of rotatable bonds is 6. The second-order valence-corrected chi connectivity index (χ2v) is 12.8. The van der Waals surface area contributed by atoms with Crippen LogP contribution in [0, 0.1) is 0 Å². The van der Waals surface area contributed by atoms with Crippen LogP contribution in [0.5, 0.6) is 0 Å². The maximum atomic E-state index is 13.7. The van der Waals surface area contributed by atoms with E-state index in [0.717, 1.165) is 39.5 Å².